The topological polar surface area (TPSA) is 61.6 Å². The fourth-order valence-electron chi connectivity index (χ4n) is 3.33. The summed E-state index contributed by atoms with van der Waals surface area (Å²) in [5.41, 5.74) is 1.06. The van der Waals surface area contributed by atoms with Crippen molar-refractivity contribution >= 4 is 8.80 Å². The minimum Gasteiger partial charge on any atom is -0.374 e. The summed E-state index contributed by atoms with van der Waals surface area (Å²) in [5.74, 6) is 0. The van der Waals surface area contributed by atoms with Crippen molar-refractivity contribution < 1.29 is 13.3 Å². The van der Waals surface area contributed by atoms with Gasteiger partial charge >= 0.3 is 8.80 Å². The second-order valence-electron chi connectivity index (χ2n) is 6.40. The average Bonchev–Trinajstić information content (AvgIpc) is 3.04. The first-order valence-electron chi connectivity index (χ1n) is 9.74. The van der Waals surface area contributed by atoms with Crippen LogP contribution in [0.3, 0.4) is 0 Å². The molecule has 8 heteroatoms. The molecule has 0 spiro atoms. The molecule has 0 radical (unpaired) electrons. The van der Waals surface area contributed by atoms with E-state index in [0.29, 0.717) is 19.8 Å². The quantitative estimate of drug-likeness (QED) is 0.527. The number of nitrogens with zero attached hydrogens (tertiary/aromatic N) is 4. The molecule has 1 aliphatic heterocycles. The summed E-state index contributed by atoms with van der Waals surface area (Å²) < 4.78 is 19.6. The van der Waals surface area contributed by atoms with Gasteiger partial charge in [-0.15, -0.1) is 5.10 Å². The smallest absolute Gasteiger partial charge is 0.374 e. The second-order valence-corrected chi connectivity index (χ2v) is 9.13. The molecule has 0 saturated carbocycles. The van der Waals surface area contributed by atoms with Crippen molar-refractivity contribution in [1.82, 2.24) is 19.9 Å². The molecule has 0 aromatic carbocycles. The molecule has 144 valence electrons. The first-order chi connectivity index (χ1) is 12.2. The highest BCUT2D eigenvalue weighted by Gasteiger charge is 2.39. The zero-order valence-electron chi connectivity index (χ0n) is 16.1. The number of aryl methyl sites for hydroxylation is 1. The molecule has 0 aliphatic carbocycles. The number of rotatable bonds is 12. The van der Waals surface area contributed by atoms with Crippen LogP contribution in [0.1, 0.15) is 52.1 Å². The fraction of sp³-hybridized carbons (Fsp3) is 0.882. The lowest BCUT2D eigenvalue weighted by Crippen LogP contribution is -2.46. The van der Waals surface area contributed by atoms with Crippen molar-refractivity contribution in [2.75, 3.05) is 32.9 Å². The summed E-state index contributed by atoms with van der Waals surface area (Å²) in [6.07, 6.45) is 6.94. The number of piperidine rings is 1. The lowest BCUT2D eigenvalue weighted by molar-refractivity contribution is 0.0704. The van der Waals surface area contributed by atoms with E-state index in [9.17, 15) is 0 Å². The molecule has 0 amide bonds. The van der Waals surface area contributed by atoms with Crippen LogP contribution in [0.2, 0.25) is 6.04 Å². The maximum absolute atomic E-state index is 5.90. The summed E-state index contributed by atoms with van der Waals surface area (Å²) in [5, 5.41) is 8.60. The van der Waals surface area contributed by atoms with Gasteiger partial charge in [-0.2, -0.15) is 0 Å². The summed E-state index contributed by atoms with van der Waals surface area (Å²) in [7, 11) is -2.55. The summed E-state index contributed by atoms with van der Waals surface area (Å²) in [6, 6.07) is 0.809. The average molecular weight is 371 g/mol. The van der Waals surface area contributed by atoms with E-state index in [2.05, 4.69) is 21.4 Å². The van der Waals surface area contributed by atoms with E-state index in [4.69, 9.17) is 13.3 Å². The first kappa shape index (κ1) is 20.5. The number of hydrogen-bond donors (Lipinski definition) is 0. The maximum atomic E-state index is 5.90. The van der Waals surface area contributed by atoms with E-state index in [-0.39, 0.29) is 0 Å². The Labute approximate surface area is 153 Å². The molecule has 2 heterocycles. The minimum absolute atomic E-state index is 0.621. The highest BCUT2D eigenvalue weighted by atomic mass is 28.4. The zero-order chi connectivity index (χ0) is 18.0. The fourth-order valence-corrected chi connectivity index (χ4v) is 5.92. The van der Waals surface area contributed by atoms with Gasteiger partial charge in [-0.25, -0.2) is 0 Å². The van der Waals surface area contributed by atoms with Gasteiger partial charge < -0.3 is 13.3 Å². The van der Waals surface area contributed by atoms with Crippen molar-refractivity contribution in [3.8, 4) is 0 Å². The van der Waals surface area contributed by atoms with E-state index >= 15 is 0 Å². The molecule has 1 aromatic rings. The predicted octanol–water partition coefficient (Wildman–Crippen LogP) is 2.70. The van der Waals surface area contributed by atoms with Crippen LogP contribution in [0.4, 0.5) is 0 Å². The number of hydrogen-bond acceptors (Lipinski definition) is 6. The van der Waals surface area contributed by atoms with Crippen LogP contribution in [0.25, 0.3) is 0 Å². The largest absolute Gasteiger partial charge is 0.500 e. The van der Waals surface area contributed by atoms with E-state index < -0.39 is 8.80 Å². The van der Waals surface area contributed by atoms with Crippen LogP contribution in [-0.4, -0.2) is 61.6 Å². The second kappa shape index (κ2) is 11.0. The normalized spacial score (nSPS) is 16.4. The number of likely N-dealkylation sites (tertiary alicyclic amines) is 1. The number of aromatic nitrogens is 3. The minimum atomic E-state index is -2.55. The van der Waals surface area contributed by atoms with Gasteiger partial charge in [-0.1, -0.05) is 11.6 Å². The molecule has 0 unspecified atom stereocenters. The van der Waals surface area contributed by atoms with Crippen LogP contribution >= 0.6 is 0 Å². The van der Waals surface area contributed by atoms with Crippen LogP contribution in [0, 0.1) is 0 Å². The Morgan fingerprint density at radius 3 is 2.24 bits per heavy atom. The molecule has 0 N–H and O–H groups in total. The first-order valence-corrected chi connectivity index (χ1v) is 11.7. The zero-order valence-corrected chi connectivity index (χ0v) is 17.1. The van der Waals surface area contributed by atoms with Crippen molar-refractivity contribution in [2.45, 2.75) is 65.6 Å². The SMILES string of the molecule is CCO[Si](CCCn1cc(CN2CCCCC2)nn1)(OCC)OCC. The van der Waals surface area contributed by atoms with E-state index in [1.54, 1.807) is 0 Å². The van der Waals surface area contributed by atoms with Gasteiger partial charge in [0.15, 0.2) is 0 Å². The van der Waals surface area contributed by atoms with Gasteiger partial charge in [0.25, 0.3) is 0 Å². The Morgan fingerprint density at radius 2 is 1.64 bits per heavy atom. The molecule has 1 aromatic heterocycles. The van der Waals surface area contributed by atoms with Gasteiger partial charge in [-0.3, -0.25) is 9.58 Å². The summed E-state index contributed by atoms with van der Waals surface area (Å²) in [6.45, 7) is 11.9. The Bertz CT molecular complexity index is 463. The lowest BCUT2D eigenvalue weighted by Gasteiger charge is -2.28. The molecule has 2 rings (SSSR count). The third kappa shape index (κ3) is 6.78. The highest BCUT2D eigenvalue weighted by molar-refractivity contribution is 6.60. The highest BCUT2D eigenvalue weighted by Crippen LogP contribution is 2.19. The van der Waals surface area contributed by atoms with E-state index in [1.807, 2.05) is 25.5 Å². The van der Waals surface area contributed by atoms with Crippen LogP contribution < -0.4 is 0 Å². The van der Waals surface area contributed by atoms with Gasteiger partial charge in [0.05, 0.1) is 5.69 Å². The van der Waals surface area contributed by atoms with Gasteiger partial charge in [0, 0.05) is 45.2 Å². The third-order valence-corrected chi connectivity index (χ3v) is 7.53. The molecular formula is C17H34N4O3Si. The Morgan fingerprint density at radius 1 is 1.00 bits per heavy atom. The van der Waals surface area contributed by atoms with E-state index in [1.165, 1.54) is 32.4 Å². The standard InChI is InChI=1S/C17H34N4O3Si/c1-4-22-25(23-5-2,24-6-3)14-10-13-21-16-17(18-19-21)15-20-11-8-7-9-12-20/h16H,4-15H2,1-3H3. The van der Waals surface area contributed by atoms with Gasteiger partial charge in [-0.05, 0) is 53.1 Å². The molecular weight excluding hydrogens is 336 g/mol. The Hall–Kier alpha value is -0.803. The van der Waals surface area contributed by atoms with E-state index in [0.717, 1.165) is 31.2 Å². The van der Waals surface area contributed by atoms with Crippen LogP contribution in [0.15, 0.2) is 6.20 Å². The lowest BCUT2D eigenvalue weighted by atomic mass is 10.1. The van der Waals surface area contributed by atoms with Crippen molar-refractivity contribution in [2.24, 2.45) is 0 Å². The van der Waals surface area contributed by atoms with Crippen LogP contribution in [-0.2, 0) is 26.4 Å². The monoisotopic (exact) mass is 370 g/mol. The molecule has 1 aliphatic rings. The van der Waals surface area contributed by atoms with Crippen molar-refractivity contribution in [1.29, 1.82) is 0 Å². The Kier molecular flexibility index (Phi) is 9.04. The van der Waals surface area contributed by atoms with Gasteiger partial charge in [0.2, 0.25) is 0 Å². The third-order valence-electron chi connectivity index (χ3n) is 4.38. The molecule has 25 heavy (non-hydrogen) atoms. The Balaban J connectivity index is 1.81. The molecule has 0 atom stereocenters. The summed E-state index contributed by atoms with van der Waals surface area (Å²) >= 11 is 0. The molecule has 7 nitrogen and oxygen atoms in total. The van der Waals surface area contributed by atoms with Crippen LogP contribution in [0.5, 0.6) is 0 Å². The molecule has 0 bridgehead atoms. The maximum Gasteiger partial charge on any atom is 0.500 e. The molecule has 1 fully saturated rings. The van der Waals surface area contributed by atoms with Crippen molar-refractivity contribution in [3.05, 3.63) is 11.9 Å². The van der Waals surface area contributed by atoms with Crippen molar-refractivity contribution in [3.63, 3.8) is 0 Å². The predicted molar refractivity (Wildman–Crippen MR) is 99.2 cm³/mol. The summed E-state index contributed by atoms with van der Waals surface area (Å²) in [4.78, 5) is 2.47. The molecule has 1 saturated heterocycles. The van der Waals surface area contributed by atoms with Gasteiger partial charge in [0.1, 0.15) is 0 Å².